The van der Waals surface area contributed by atoms with E-state index in [1.807, 2.05) is 0 Å². The van der Waals surface area contributed by atoms with Gasteiger partial charge in [0.05, 0.1) is 12.7 Å². The van der Waals surface area contributed by atoms with Crippen LogP contribution in [0.4, 0.5) is 0 Å². The minimum Gasteiger partial charge on any atom is -0.435 e. The highest BCUT2D eigenvalue weighted by atomic mass is 16.5. The van der Waals surface area contributed by atoms with Gasteiger partial charge in [0.15, 0.2) is 0 Å². The first-order chi connectivity index (χ1) is 6.31. The molecule has 0 bridgehead atoms. The second-order valence-corrected chi connectivity index (χ2v) is 2.33. The molecule has 0 aromatic heterocycles. The minimum atomic E-state index is -0.157. The predicted octanol–water partition coefficient (Wildman–Crippen LogP) is 1.00. The maximum atomic E-state index is 9.96. The van der Waals surface area contributed by atoms with Crippen LogP contribution in [0.5, 0.6) is 0 Å². The van der Waals surface area contributed by atoms with Crippen LogP contribution in [-0.4, -0.2) is 18.5 Å². The van der Waals surface area contributed by atoms with E-state index in [4.69, 9.17) is 0 Å². The number of aldehydes is 2. The molecule has 1 rings (SSSR count). The molecule has 4 nitrogen and oxygen atoms in total. The Morgan fingerprint density at radius 2 is 1.92 bits per heavy atom. The smallest absolute Gasteiger partial charge is 0.314 e. The van der Waals surface area contributed by atoms with Gasteiger partial charge < -0.3 is 14.3 Å². The highest BCUT2D eigenvalue weighted by Gasteiger charge is 2.00. The van der Waals surface area contributed by atoms with Gasteiger partial charge in [0.1, 0.15) is 12.6 Å². The molecular weight excluding hydrogens is 172 g/mol. The van der Waals surface area contributed by atoms with Crippen molar-refractivity contribution < 1.29 is 19.1 Å². The van der Waals surface area contributed by atoms with Crippen molar-refractivity contribution in [3.8, 4) is 0 Å². The third kappa shape index (κ3) is 8.46. The molecular formula is C9H12O4. The SMILES string of the molecule is O=C1CC=CO1.O=CCCCC=O. The quantitative estimate of drug-likeness (QED) is 0.371. The molecule has 0 amide bonds. The number of esters is 1. The van der Waals surface area contributed by atoms with E-state index in [0.29, 0.717) is 25.7 Å². The Morgan fingerprint density at radius 1 is 1.31 bits per heavy atom. The van der Waals surface area contributed by atoms with E-state index in [0.717, 1.165) is 12.6 Å². The fraction of sp³-hybridized carbons (Fsp3) is 0.444. The van der Waals surface area contributed by atoms with E-state index in [1.54, 1.807) is 6.08 Å². The summed E-state index contributed by atoms with van der Waals surface area (Å²) in [6.45, 7) is 0. The van der Waals surface area contributed by atoms with Gasteiger partial charge in [-0.3, -0.25) is 4.79 Å². The number of rotatable bonds is 4. The van der Waals surface area contributed by atoms with Crippen LogP contribution in [0.3, 0.4) is 0 Å². The zero-order chi connectivity index (χ0) is 9.94. The first kappa shape index (κ1) is 11.6. The molecule has 1 aliphatic heterocycles. The van der Waals surface area contributed by atoms with Gasteiger partial charge in [0, 0.05) is 12.8 Å². The second kappa shape index (κ2) is 8.64. The highest BCUT2D eigenvalue weighted by molar-refractivity contribution is 5.73. The predicted molar refractivity (Wildman–Crippen MR) is 45.8 cm³/mol. The van der Waals surface area contributed by atoms with Crippen molar-refractivity contribution in [3.63, 3.8) is 0 Å². The molecule has 4 heteroatoms. The van der Waals surface area contributed by atoms with Gasteiger partial charge in [-0.05, 0) is 12.5 Å². The third-order valence-corrected chi connectivity index (χ3v) is 1.22. The standard InChI is InChI=1S/C5H8O2.C4H4O2/c6-4-2-1-3-5-7;5-4-2-1-3-6-4/h4-5H,1-3H2;1,3H,2H2. The average molecular weight is 184 g/mol. The summed E-state index contributed by atoms with van der Waals surface area (Å²) in [6.07, 6.45) is 6.90. The molecule has 0 radical (unpaired) electrons. The Hall–Kier alpha value is -1.45. The van der Waals surface area contributed by atoms with Gasteiger partial charge in [-0.2, -0.15) is 0 Å². The molecule has 0 fully saturated rings. The lowest BCUT2D eigenvalue weighted by Gasteiger charge is -1.78. The van der Waals surface area contributed by atoms with Crippen LogP contribution < -0.4 is 0 Å². The molecule has 13 heavy (non-hydrogen) atoms. The van der Waals surface area contributed by atoms with Crippen molar-refractivity contribution in [3.05, 3.63) is 12.3 Å². The number of ether oxygens (including phenoxy) is 1. The first-order valence-corrected chi connectivity index (χ1v) is 4.03. The van der Waals surface area contributed by atoms with Crippen LogP contribution in [0.25, 0.3) is 0 Å². The zero-order valence-corrected chi connectivity index (χ0v) is 7.27. The summed E-state index contributed by atoms with van der Waals surface area (Å²) in [5.41, 5.74) is 0. The van der Waals surface area contributed by atoms with E-state index in [9.17, 15) is 14.4 Å². The minimum absolute atomic E-state index is 0.157. The summed E-state index contributed by atoms with van der Waals surface area (Å²) in [5.74, 6) is -0.157. The number of hydrogen-bond acceptors (Lipinski definition) is 4. The third-order valence-electron chi connectivity index (χ3n) is 1.22. The fourth-order valence-electron chi connectivity index (χ4n) is 0.601. The average Bonchev–Trinajstić information content (AvgIpc) is 2.58. The van der Waals surface area contributed by atoms with Crippen molar-refractivity contribution in [2.24, 2.45) is 0 Å². The van der Waals surface area contributed by atoms with Gasteiger partial charge in [-0.1, -0.05) is 0 Å². The molecule has 0 aromatic rings. The lowest BCUT2D eigenvalue weighted by molar-refractivity contribution is -0.135. The number of carbonyl (C=O) groups is 3. The van der Waals surface area contributed by atoms with Crippen LogP contribution in [0, 0.1) is 0 Å². The molecule has 0 saturated carbocycles. The molecule has 0 atom stereocenters. The van der Waals surface area contributed by atoms with Crippen molar-refractivity contribution in [1.82, 2.24) is 0 Å². The van der Waals surface area contributed by atoms with E-state index in [2.05, 4.69) is 4.74 Å². The van der Waals surface area contributed by atoms with Gasteiger partial charge in [0.25, 0.3) is 0 Å². The fourth-order valence-corrected chi connectivity index (χ4v) is 0.601. The number of hydrogen-bond donors (Lipinski definition) is 0. The molecule has 0 aliphatic carbocycles. The Labute approximate surface area is 76.6 Å². The summed E-state index contributed by atoms with van der Waals surface area (Å²) in [6, 6.07) is 0. The molecule has 0 aromatic carbocycles. The second-order valence-electron chi connectivity index (χ2n) is 2.33. The van der Waals surface area contributed by atoms with Crippen molar-refractivity contribution in [2.45, 2.75) is 25.7 Å². The maximum Gasteiger partial charge on any atom is 0.314 e. The molecule has 1 aliphatic rings. The van der Waals surface area contributed by atoms with E-state index in [1.165, 1.54) is 6.26 Å². The van der Waals surface area contributed by atoms with Crippen LogP contribution in [0.15, 0.2) is 12.3 Å². The van der Waals surface area contributed by atoms with Crippen molar-refractivity contribution >= 4 is 18.5 Å². The molecule has 0 unspecified atom stereocenters. The summed E-state index contributed by atoms with van der Waals surface area (Å²) in [7, 11) is 0. The first-order valence-electron chi connectivity index (χ1n) is 4.03. The van der Waals surface area contributed by atoms with Crippen LogP contribution in [-0.2, 0) is 19.1 Å². The molecule has 0 N–H and O–H groups in total. The molecule has 1 heterocycles. The molecule has 0 spiro atoms. The Morgan fingerprint density at radius 3 is 2.15 bits per heavy atom. The van der Waals surface area contributed by atoms with E-state index < -0.39 is 0 Å². The van der Waals surface area contributed by atoms with Crippen molar-refractivity contribution in [1.29, 1.82) is 0 Å². The number of cyclic esters (lactones) is 1. The summed E-state index contributed by atoms with van der Waals surface area (Å²) < 4.78 is 4.33. The Kier molecular flexibility index (Phi) is 7.68. The van der Waals surface area contributed by atoms with E-state index in [-0.39, 0.29) is 5.97 Å². The zero-order valence-electron chi connectivity index (χ0n) is 7.27. The lowest BCUT2D eigenvalue weighted by Crippen LogP contribution is -1.87. The summed E-state index contributed by atoms with van der Waals surface area (Å²) >= 11 is 0. The van der Waals surface area contributed by atoms with Crippen molar-refractivity contribution in [2.75, 3.05) is 0 Å². The van der Waals surface area contributed by atoms with Crippen LogP contribution >= 0.6 is 0 Å². The maximum absolute atomic E-state index is 9.96. The topological polar surface area (TPSA) is 60.4 Å². The normalized spacial score (nSPS) is 12.8. The number of carbonyl (C=O) groups excluding carboxylic acids is 3. The summed E-state index contributed by atoms with van der Waals surface area (Å²) in [5, 5.41) is 0. The summed E-state index contributed by atoms with van der Waals surface area (Å²) in [4.78, 5) is 29.1. The highest BCUT2D eigenvalue weighted by Crippen LogP contribution is 1.96. The van der Waals surface area contributed by atoms with Crippen LogP contribution in [0.2, 0.25) is 0 Å². The van der Waals surface area contributed by atoms with Crippen LogP contribution in [0.1, 0.15) is 25.7 Å². The monoisotopic (exact) mass is 184 g/mol. The van der Waals surface area contributed by atoms with E-state index >= 15 is 0 Å². The number of unbranched alkanes of at least 4 members (excludes halogenated alkanes) is 2. The molecule has 72 valence electrons. The van der Waals surface area contributed by atoms with Gasteiger partial charge in [-0.15, -0.1) is 0 Å². The Balaban J connectivity index is 0.000000223. The lowest BCUT2D eigenvalue weighted by atomic mass is 10.3. The molecule has 0 saturated heterocycles. The van der Waals surface area contributed by atoms with Gasteiger partial charge in [0.2, 0.25) is 0 Å². The van der Waals surface area contributed by atoms with Gasteiger partial charge in [-0.25, -0.2) is 0 Å². The van der Waals surface area contributed by atoms with Gasteiger partial charge >= 0.3 is 5.97 Å². The Bertz CT molecular complexity index is 178. The largest absolute Gasteiger partial charge is 0.435 e.